The van der Waals surface area contributed by atoms with Gasteiger partial charge in [-0.1, -0.05) is 18.2 Å². The van der Waals surface area contributed by atoms with Crippen LogP contribution in [0, 0.1) is 0 Å². The van der Waals surface area contributed by atoms with E-state index < -0.39 is 0 Å². The summed E-state index contributed by atoms with van der Waals surface area (Å²) in [5, 5.41) is 0. The summed E-state index contributed by atoms with van der Waals surface area (Å²) in [6.45, 7) is 0.462. The second-order valence-corrected chi connectivity index (χ2v) is 5.68. The van der Waals surface area contributed by atoms with Gasteiger partial charge in [-0.05, 0) is 42.0 Å². The van der Waals surface area contributed by atoms with Gasteiger partial charge in [-0.2, -0.15) is 0 Å². The Morgan fingerprint density at radius 3 is 2.64 bits per heavy atom. The molecule has 2 N–H and O–H groups in total. The molecule has 25 heavy (non-hydrogen) atoms. The van der Waals surface area contributed by atoms with E-state index in [-0.39, 0.29) is 0 Å². The van der Waals surface area contributed by atoms with Crippen LogP contribution < -0.4 is 9.73 Å². The molecule has 0 radical (unpaired) electrons. The number of nitrogens with zero attached hydrogens (tertiary/aromatic N) is 1. The first-order valence-corrected chi connectivity index (χ1v) is 8.18. The lowest BCUT2D eigenvalue weighted by atomic mass is 10.0. The highest BCUT2D eigenvalue weighted by molar-refractivity contribution is 5.83. The van der Waals surface area contributed by atoms with Crippen molar-refractivity contribution < 1.29 is 9.73 Å². The van der Waals surface area contributed by atoms with Crippen molar-refractivity contribution in [1.82, 2.24) is 9.97 Å². The zero-order valence-corrected chi connectivity index (χ0v) is 13.6. The molecular weight excluding hydrogens is 310 g/mol. The number of aromatic nitrogens is 2. The SMILES string of the molecule is C1=CC(=C(c2ccc(OCc3ccccn3)cc2)c2ccc[nH]2)[NH+]=C1. The number of benzene rings is 1. The van der Waals surface area contributed by atoms with E-state index in [4.69, 9.17) is 4.74 Å². The average molecular weight is 328 g/mol. The molecule has 1 aliphatic rings. The Hall–Kier alpha value is -3.40. The van der Waals surface area contributed by atoms with Crippen LogP contribution >= 0.6 is 0 Å². The van der Waals surface area contributed by atoms with Crippen LogP contribution in [0.4, 0.5) is 0 Å². The molecule has 0 fully saturated rings. The minimum Gasteiger partial charge on any atom is -0.487 e. The number of aromatic amines is 1. The topological polar surface area (TPSA) is 51.9 Å². The third kappa shape index (κ3) is 3.43. The number of hydrogen-bond donors (Lipinski definition) is 2. The highest BCUT2D eigenvalue weighted by Crippen LogP contribution is 2.26. The predicted octanol–water partition coefficient (Wildman–Crippen LogP) is 2.47. The van der Waals surface area contributed by atoms with E-state index in [0.29, 0.717) is 6.61 Å². The molecule has 0 atom stereocenters. The molecule has 0 saturated carbocycles. The molecular formula is C21H18N3O+. The quantitative estimate of drug-likeness (QED) is 0.756. The van der Waals surface area contributed by atoms with E-state index in [1.807, 2.05) is 54.9 Å². The van der Waals surface area contributed by atoms with Crippen LogP contribution in [-0.2, 0) is 6.61 Å². The summed E-state index contributed by atoms with van der Waals surface area (Å²) in [5.41, 5.74) is 5.31. The summed E-state index contributed by atoms with van der Waals surface area (Å²) in [6.07, 6.45) is 9.71. The van der Waals surface area contributed by atoms with E-state index in [2.05, 4.69) is 39.2 Å². The maximum absolute atomic E-state index is 5.82. The van der Waals surface area contributed by atoms with E-state index in [1.165, 1.54) is 0 Å². The maximum Gasteiger partial charge on any atom is 0.213 e. The number of nitrogens with one attached hydrogen (secondary N) is 2. The van der Waals surface area contributed by atoms with Crippen molar-refractivity contribution in [3.8, 4) is 5.75 Å². The van der Waals surface area contributed by atoms with Crippen LogP contribution in [0.15, 0.2) is 84.8 Å². The monoisotopic (exact) mass is 328 g/mol. The molecule has 2 aromatic heterocycles. The van der Waals surface area contributed by atoms with Gasteiger partial charge in [0.25, 0.3) is 0 Å². The normalized spacial score (nSPS) is 14.7. The van der Waals surface area contributed by atoms with Crippen LogP contribution in [0.25, 0.3) is 5.57 Å². The van der Waals surface area contributed by atoms with Crippen LogP contribution in [-0.4, -0.2) is 16.2 Å². The number of pyridine rings is 1. The van der Waals surface area contributed by atoms with Gasteiger partial charge in [0.2, 0.25) is 5.70 Å². The van der Waals surface area contributed by atoms with Crippen LogP contribution in [0.3, 0.4) is 0 Å². The smallest absolute Gasteiger partial charge is 0.213 e. The van der Waals surface area contributed by atoms with Gasteiger partial charge in [-0.3, -0.25) is 4.98 Å². The molecule has 1 aliphatic heterocycles. The second-order valence-electron chi connectivity index (χ2n) is 5.68. The zero-order chi connectivity index (χ0) is 16.9. The van der Waals surface area contributed by atoms with E-state index in [9.17, 15) is 0 Å². The summed E-state index contributed by atoms with van der Waals surface area (Å²) in [7, 11) is 0. The number of H-pyrrole nitrogens is 1. The lowest BCUT2D eigenvalue weighted by molar-refractivity contribution is -0.379. The third-order valence-corrected chi connectivity index (χ3v) is 3.99. The molecule has 3 heterocycles. The van der Waals surface area contributed by atoms with Crippen molar-refractivity contribution in [3.63, 3.8) is 0 Å². The first kappa shape index (κ1) is 15.1. The van der Waals surface area contributed by atoms with E-state index in [0.717, 1.165) is 34.0 Å². The van der Waals surface area contributed by atoms with Gasteiger partial charge >= 0.3 is 0 Å². The van der Waals surface area contributed by atoms with E-state index in [1.54, 1.807) is 6.20 Å². The first-order valence-electron chi connectivity index (χ1n) is 8.18. The maximum atomic E-state index is 5.82. The fourth-order valence-electron chi connectivity index (χ4n) is 2.79. The molecule has 0 bridgehead atoms. The number of rotatable bonds is 5. The molecule has 4 rings (SSSR count). The highest BCUT2D eigenvalue weighted by atomic mass is 16.5. The Balaban J connectivity index is 1.57. The molecule has 0 saturated heterocycles. The van der Waals surface area contributed by atoms with Gasteiger partial charge in [-0.15, -0.1) is 0 Å². The van der Waals surface area contributed by atoms with Gasteiger partial charge < -0.3 is 9.72 Å². The molecule has 4 heteroatoms. The van der Waals surface area contributed by atoms with E-state index >= 15 is 0 Å². The van der Waals surface area contributed by atoms with Crippen LogP contribution in [0.5, 0.6) is 5.75 Å². The van der Waals surface area contributed by atoms with Crippen molar-refractivity contribution in [3.05, 3.63) is 102 Å². The highest BCUT2D eigenvalue weighted by Gasteiger charge is 2.16. The molecule has 1 aromatic carbocycles. The third-order valence-electron chi connectivity index (χ3n) is 3.99. The standard InChI is InChI=1S/C21H17N3O/c1-2-12-22-17(5-1)15-25-18-10-8-16(9-11-18)21(19-6-3-13-23-19)20-7-4-14-24-20/h1-14,23H,15H2/p+1. The molecule has 0 spiro atoms. The predicted molar refractivity (Wildman–Crippen MR) is 98.0 cm³/mol. The summed E-state index contributed by atoms with van der Waals surface area (Å²) in [4.78, 5) is 10.8. The van der Waals surface area contributed by atoms with Gasteiger partial charge in [0, 0.05) is 24.5 Å². The molecule has 3 aromatic rings. The van der Waals surface area contributed by atoms with Crippen molar-refractivity contribution in [2.75, 3.05) is 0 Å². The van der Waals surface area contributed by atoms with Gasteiger partial charge in [-0.25, -0.2) is 4.99 Å². The Bertz CT molecular complexity index is 907. The average Bonchev–Trinajstić information content (AvgIpc) is 3.37. The minimum absolute atomic E-state index is 0.462. The zero-order valence-electron chi connectivity index (χ0n) is 13.6. The van der Waals surface area contributed by atoms with Crippen molar-refractivity contribution in [2.24, 2.45) is 0 Å². The Labute approximate surface area is 146 Å². The van der Waals surface area contributed by atoms with Crippen molar-refractivity contribution in [1.29, 1.82) is 0 Å². The molecule has 0 aliphatic carbocycles. The number of ether oxygens (including phenoxy) is 1. The van der Waals surface area contributed by atoms with Crippen LogP contribution in [0.1, 0.15) is 17.0 Å². The number of allylic oxidation sites excluding steroid dienone is 2. The Morgan fingerprint density at radius 1 is 1.04 bits per heavy atom. The lowest BCUT2D eigenvalue weighted by Gasteiger charge is -2.09. The Morgan fingerprint density at radius 2 is 1.96 bits per heavy atom. The lowest BCUT2D eigenvalue weighted by Crippen LogP contribution is -2.64. The molecule has 0 unspecified atom stereocenters. The summed E-state index contributed by atoms with van der Waals surface area (Å²) in [5.74, 6) is 0.826. The summed E-state index contributed by atoms with van der Waals surface area (Å²) >= 11 is 0. The number of hydrogen-bond acceptors (Lipinski definition) is 2. The summed E-state index contributed by atoms with van der Waals surface area (Å²) in [6, 6.07) is 18.0. The Kier molecular flexibility index (Phi) is 4.25. The largest absolute Gasteiger partial charge is 0.487 e. The molecule has 0 amide bonds. The molecule has 4 nitrogen and oxygen atoms in total. The fraction of sp³-hybridized carbons (Fsp3) is 0.0476. The second kappa shape index (κ2) is 7.01. The van der Waals surface area contributed by atoms with Crippen LogP contribution in [0.2, 0.25) is 0 Å². The summed E-state index contributed by atoms with van der Waals surface area (Å²) < 4.78 is 5.82. The van der Waals surface area contributed by atoms with Gasteiger partial charge in [0.05, 0.1) is 17.0 Å². The van der Waals surface area contributed by atoms with Crippen molar-refractivity contribution >= 4 is 11.8 Å². The van der Waals surface area contributed by atoms with Gasteiger partial charge in [0.15, 0.2) is 6.21 Å². The van der Waals surface area contributed by atoms with Crippen molar-refractivity contribution in [2.45, 2.75) is 6.61 Å². The molecule has 122 valence electrons. The first-order chi connectivity index (χ1) is 12.4. The fourth-order valence-corrected chi connectivity index (χ4v) is 2.79. The van der Waals surface area contributed by atoms with Gasteiger partial charge in [0.1, 0.15) is 12.4 Å². The minimum atomic E-state index is 0.462.